The zero-order valence-corrected chi connectivity index (χ0v) is 9.27. The predicted molar refractivity (Wildman–Crippen MR) is 62.1 cm³/mol. The van der Waals surface area contributed by atoms with Gasteiger partial charge in [-0.3, -0.25) is 0 Å². The summed E-state index contributed by atoms with van der Waals surface area (Å²) in [5.41, 5.74) is 7.69. The summed E-state index contributed by atoms with van der Waals surface area (Å²) in [7, 11) is 0. The average molecular weight is 218 g/mol. The van der Waals surface area contributed by atoms with Crippen LogP contribution < -0.4 is 5.73 Å². The first-order valence-electron chi connectivity index (χ1n) is 5.13. The molecule has 0 fully saturated rings. The number of anilines is 1. The molecule has 0 aliphatic rings. The van der Waals surface area contributed by atoms with E-state index in [1.807, 2.05) is 12.1 Å². The van der Waals surface area contributed by atoms with Crippen LogP contribution in [-0.2, 0) is 0 Å². The summed E-state index contributed by atoms with van der Waals surface area (Å²) >= 11 is 0. The third-order valence-corrected chi connectivity index (χ3v) is 2.49. The van der Waals surface area contributed by atoms with E-state index in [1.54, 1.807) is 12.1 Å². The monoisotopic (exact) mass is 218 g/mol. The minimum absolute atomic E-state index is 0.194. The Hall–Kier alpha value is -1.97. The highest BCUT2D eigenvalue weighted by Crippen LogP contribution is 2.31. The molecular weight excluding hydrogens is 204 g/mol. The summed E-state index contributed by atoms with van der Waals surface area (Å²) in [5.74, 6) is 0.809. The van der Waals surface area contributed by atoms with Crippen LogP contribution >= 0.6 is 0 Å². The van der Waals surface area contributed by atoms with Gasteiger partial charge in [-0.15, -0.1) is 0 Å². The molecule has 0 aliphatic carbocycles. The normalized spacial score (nSPS) is 10.9. The summed E-state index contributed by atoms with van der Waals surface area (Å²) in [6.07, 6.45) is 0. The molecule has 4 heteroatoms. The van der Waals surface area contributed by atoms with Gasteiger partial charge < -0.3 is 15.4 Å². The molecule has 1 aromatic carbocycles. The minimum atomic E-state index is 0.194. The van der Waals surface area contributed by atoms with Crippen molar-refractivity contribution in [2.24, 2.45) is 0 Å². The maximum atomic E-state index is 9.88. The summed E-state index contributed by atoms with van der Waals surface area (Å²) in [5, 5.41) is 13.6. The summed E-state index contributed by atoms with van der Waals surface area (Å²) < 4.78 is 4.77. The molecule has 3 N–H and O–H groups in total. The molecule has 0 bridgehead atoms. The third-order valence-electron chi connectivity index (χ3n) is 2.49. The summed E-state index contributed by atoms with van der Waals surface area (Å²) in [6, 6.07) is 7.11. The molecule has 4 nitrogen and oxygen atoms in total. The summed E-state index contributed by atoms with van der Waals surface area (Å²) in [6.45, 7) is 4.14. The number of nitrogen functional groups attached to an aromatic ring is 1. The topological polar surface area (TPSA) is 72.3 Å². The van der Waals surface area contributed by atoms with Gasteiger partial charge >= 0.3 is 0 Å². The maximum Gasteiger partial charge on any atom is 0.222 e. The highest BCUT2D eigenvalue weighted by molar-refractivity contribution is 5.68. The Morgan fingerprint density at radius 1 is 1.31 bits per heavy atom. The van der Waals surface area contributed by atoms with E-state index in [2.05, 4.69) is 19.0 Å². The van der Waals surface area contributed by atoms with Crippen LogP contribution in [0.25, 0.3) is 11.3 Å². The Balaban J connectivity index is 2.44. The van der Waals surface area contributed by atoms with Gasteiger partial charge in [-0.2, -0.15) is 0 Å². The second kappa shape index (κ2) is 3.89. The minimum Gasteiger partial charge on any atom is -0.507 e. The highest BCUT2D eigenvalue weighted by atomic mass is 16.5. The van der Waals surface area contributed by atoms with Gasteiger partial charge in [-0.1, -0.05) is 25.1 Å². The molecule has 0 aliphatic heterocycles. The van der Waals surface area contributed by atoms with Crippen molar-refractivity contribution in [2.75, 3.05) is 5.73 Å². The number of aromatic nitrogens is 1. The van der Waals surface area contributed by atoms with Gasteiger partial charge in [0.05, 0.1) is 0 Å². The van der Waals surface area contributed by atoms with E-state index in [0.717, 1.165) is 5.56 Å². The number of aromatic hydroxyl groups is 1. The van der Waals surface area contributed by atoms with Crippen LogP contribution in [0.15, 0.2) is 28.8 Å². The Kier molecular flexibility index (Phi) is 2.56. The second-order valence-corrected chi connectivity index (χ2v) is 4.05. The number of phenols is 1. The molecule has 0 spiro atoms. The standard InChI is InChI=1S/C12H14N2O2/c1-7(2)8-3-4-9(11(15)5-8)10-6-12(13)16-14-10/h3-7,15H,13H2,1-2H3. The molecular formula is C12H14N2O2. The fraction of sp³-hybridized carbons (Fsp3) is 0.250. The highest BCUT2D eigenvalue weighted by Gasteiger charge is 2.10. The number of nitrogens with zero attached hydrogens (tertiary/aromatic N) is 1. The lowest BCUT2D eigenvalue weighted by molar-refractivity contribution is 0.437. The molecule has 84 valence electrons. The van der Waals surface area contributed by atoms with Crippen molar-refractivity contribution in [1.82, 2.24) is 5.16 Å². The van der Waals surface area contributed by atoms with Gasteiger partial charge in [0.25, 0.3) is 0 Å². The maximum absolute atomic E-state index is 9.88. The van der Waals surface area contributed by atoms with Crippen LogP contribution in [0.2, 0.25) is 0 Å². The first-order chi connectivity index (χ1) is 7.58. The van der Waals surface area contributed by atoms with E-state index < -0.39 is 0 Å². The lowest BCUT2D eigenvalue weighted by Crippen LogP contribution is -1.88. The number of rotatable bonds is 2. The van der Waals surface area contributed by atoms with Crippen LogP contribution in [0.4, 0.5) is 5.88 Å². The van der Waals surface area contributed by atoms with E-state index >= 15 is 0 Å². The van der Waals surface area contributed by atoms with Crippen molar-refractivity contribution in [3.05, 3.63) is 29.8 Å². The van der Waals surface area contributed by atoms with Crippen LogP contribution in [0.1, 0.15) is 25.3 Å². The van der Waals surface area contributed by atoms with Crippen LogP contribution in [0.5, 0.6) is 5.75 Å². The zero-order valence-electron chi connectivity index (χ0n) is 9.27. The van der Waals surface area contributed by atoms with Crippen molar-refractivity contribution in [3.8, 4) is 17.0 Å². The van der Waals surface area contributed by atoms with Crippen LogP contribution in [0.3, 0.4) is 0 Å². The fourth-order valence-electron chi connectivity index (χ4n) is 1.54. The quantitative estimate of drug-likeness (QED) is 0.812. The molecule has 2 rings (SSSR count). The van der Waals surface area contributed by atoms with E-state index in [9.17, 15) is 5.11 Å². The number of hydrogen-bond acceptors (Lipinski definition) is 4. The number of benzene rings is 1. The smallest absolute Gasteiger partial charge is 0.222 e. The van der Waals surface area contributed by atoms with Crippen molar-refractivity contribution in [3.63, 3.8) is 0 Å². The first kappa shape index (κ1) is 10.5. The van der Waals surface area contributed by atoms with Gasteiger partial charge in [-0.25, -0.2) is 0 Å². The predicted octanol–water partition coefficient (Wildman–Crippen LogP) is 2.75. The van der Waals surface area contributed by atoms with E-state index in [4.69, 9.17) is 10.3 Å². The van der Waals surface area contributed by atoms with Crippen molar-refractivity contribution < 1.29 is 9.63 Å². The largest absolute Gasteiger partial charge is 0.507 e. The molecule has 2 aromatic rings. The Morgan fingerprint density at radius 3 is 2.56 bits per heavy atom. The van der Waals surface area contributed by atoms with Gasteiger partial charge in [0.15, 0.2) is 0 Å². The SMILES string of the molecule is CC(C)c1ccc(-c2cc(N)on2)c(O)c1. The van der Waals surface area contributed by atoms with Crippen molar-refractivity contribution in [2.45, 2.75) is 19.8 Å². The van der Waals surface area contributed by atoms with Gasteiger partial charge in [-0.05, 0) is 23.6 Å². The fourth-order valence-corrected chi connectivity index (χ4v) is 1.54. The summed E-state index contributed by atoms with van der Waals surface area (Å²) in [4.78, 5) is 0. The third kappa shape index (κ3) is 1.86. The van der Waals surface area contributed by atoms with Gasteiger partial charge in [0.2, 0.25) is 5.88 Å². The van der Waals surface area contributed by atoms with Gasteiger partial charge in [0, 0.05) is 11.6 Å². The Morgan fingerprint density at radius 2 is 2.06 bits per heavy atom. The van der Waals surface area contributed by atoms with Gasteiger partial charge in [0.1, 0.15) is 11.4 Å². The molecule has 0 saturated heterocycles. The second-order valence-electron chi connectivity index (χ2n) is 4.05. The number of phenolic OH excluding ortho intramolecular Hbond substituents is 1. The molecule has 1 aromatic heterocycles. The van der Waals surface area contributed by atoms with E-state index in [0.29, 0.717) is 17.2 Å². The van der Waals surface area contributed by atoms with Crippen LogP contribution in [-0.4, -0.2) is 10.3 Å². The number of nitrogens with two attached hydrogens (primary N) is 1. The van der Waals surface area contributed by atoms with Crippen molar-refractivity contribution in [1.29, 1.82) is 0 Å². The molecule has 0 unspecified atom stereocenters. The van der Waals surface area contributed by atoms with Crippen LogP contribution in [0, 0.1) is 0 Å². The Labute approximate surface area is 93.7 Å². The van der Waals surface area contributed by atoms with Crippen molar-refractivity contribution >= 4 is 5.88 Å². The molecule has 0 saturated carbocycles. The van der Waals surface area contributed by atoms with E-state index in [1.165, 1.54) is 0 Å². The molecule has 0 atom stereocenters. The molecule has 16 heavy (non-hydrogen) atoms. The molecule has 1 heterocycles. The lowest BCUT2D eigenvalue weighted by Gasteiger charge is -2.07. The lowest BCUT2D eigenvalue weighted by atomic mass is 10.00. The molecule has 0 radical (unpaired) electrons. The average Bonchev–Trinajstić information content (AvgIpc) is 2.64. The van der Waals surface area contributed by atoms with E-state index in [-0.39, 0.29) is 11.6 Å². The molecule has 0 amide bonds. The number of hydrogen-bond donors (Lipinski definition) is 2. The Bertz CT molecular complexity index is 503. The first-order valence-corrected chi connectivity index (χ1v) is 5.13. The zero-order chi connectivity index (χ0) is 11.7.